The summed E-state index contributed by atoms with van der Waals surface area (Å²) in [6.45, 7) is 0.405. The summed E-state index contributed by atoms with van der Waals surface area (Å²) in [6.07, 6.45) is 0. The van der Waals surface area contributed by atoms with E-state index in [0.29, 0.717) is 6.54 Å². The molecule has 1 amide bonds. The van der Waals surface area contributed by atoms with E-state index < -0.39 is 11.9 Å². The Hall–Kier alpha value is -1.10. The van der Waals surface area contributed by atoms with E-state index in [1.165, 1.54) is 12.1 Å². The van der Waals surface area contributed by atoms with Gasteiger partial charge in [0.2, 0.25) is 0 Å². The van der Waals surface area contributed by atoms with Crippen molar-refractivity contribution in [2.24, 2.45) is 5.92 Å². The maximum atomic E-state index is 11.3. The van der Waals surface area contributed by atoms with E-state index in [1.807, 2.05) is 0 Å². The zero-order valence-corrected chi connectivity index (χ0v) is 7.40. The van der Waals surface area contributed by atoms with E-state index in [4.69, 9.17) is 0 Å². The molecule has 0 saturated carbocycles. The van der Waals surface area contributed by atoms with Gasteiger partial charge in [0, 0.05) is 20.6 Å². The fourth-order valence-electron chi connectivity index (χ4n) is 1.18. The van der Waals surface area contributed by atoms with Crippen molar-refractivity contribution in [1.82, 2.24) is 10.0 Å². The van der Waals surface area contributed by atoms with Gasteiger partial charge in [0.15, 0.2) is 5.92 Å². The third-order valence-corrected chi connectivity index (χ3v) is 2.06. The number of hydrazine groups is 1. The van der Waals surface area contributed by atoms with Crippen LogP contribution in [0.5, 0.6) is 0 Å². The van der Waals surface area contributed by atoms with Gasteiger partial charge in [-0.25, -0.2) is 5.01 Å². The zero-order chi connectivity index (χ0) is 9.30. The Morgan fingerprint density at radius 1 is 1.58 bits per heavy atom. The summed E-state index contributed by atoms with van der Waals surface area (Å²) >= 11 is 0. The molecular weight excluding hydrogens is 160 g/mol. The van der Waals surface area contributed by atoms with Crippen molar-refractivity contribution in [3.63, 3.8) is 0 Å². The van der Waals surface area contributed by atoms with Gasteiger partial charge in [0.25, 0.3) is 5.91 Å². The van der Waals surface area contributed by atoms with Crippen LogP contribution >= 0.6 is 0 Å². The second-order valence-electron chi connectivity index (χ2n) is 2.78. The molecule has 0 aromatic rings. The van der Waals surface area contributed by atoms with Crippen LogP contribution in [0, 0.1) is 5.92 Å². The van der Waals surface area contributed by atoms with E-state index >= 15 is 0 Å². The molecule has 0 bridgehead atoms. The smallest absolute Gasteiger partial charge is 0.319 e. The molecule has 0 radical (unpaired) electrons. The predicted octanol–water partition coefficient (Wildman–Crippen LogP) is -0.906. The van der Waals surface area contributed by atoms with Crippen LogP contribution in [-0.2, 0) is 14.3 Å². The van der Waals surface area contributed by atoms with Gasteiger partial charge < -0.3 is 4.74 Å². The van der Waals surface area contributed by atoms with Gasteiger partial charge in [0.1, 0.15) is 0 Å². The second-order valence-corrected chi connectivity index (χ2v) is 2.78. The topological polar surface area (TPSA) is 49.9 Å². The Morgan fingerprint density at radius 3 is 2.50 bits per heavy atom. The molecule has 5 heteroatoms. The van der Waals surface area contributed by atoms with E-state index in [2.05, 4.69) is 4.74 Å². The van der Waals surface area contributed by atoms with E-state index in [9.17, 15) is 9.59 Å². The number of carbonyl (C=O) groups excluding carboxylic acids is 2. The summed E-state index contributed by atoms with van der Waals surface area (Å²) in [5.41, 5.74) is 0. The summed E-state index contributed by atoms with van der Waals surface area (Å²) in [5.74, 6) is -1.31. The number of ether oxygens (including phenoxy) is 1. The Kier molecular flexibility index (Phi) is 2.32. The number of hydrogen-bond donors (Lipinski definition) is 0. The molecule has 0 N–H and O–H groups in total. The monoisotopic (exact) mass is 172 g/mol. The van der Waals surface area contributed by atoms with Gasteiger partial charge in [-0.15, -0.1) is 0 Å². The molecule has 0 aromatic heterocycles. The quantitative estimate of drug-likeness (QED) is 0.379. The van der Waals surface area contributed by atoms with Gasteiger partial charge in [0.05, 0.1) is 7.11 Å². The van der Waals surface area contributed by atoms with Gasteiger partial charge in [-0.3, -0.25) is 14.6 Å². The Labute approximate surface area is 70.8 Å². The normalized spacial score (nSPS) is 24.8. The standard InChI is InChI=1S/C7H12N2O3/c1-8-4-5(7(11)12-3)6(10)9(8)2/h5H,4H2,1-3H3. The van der Waals surface area contributed by atoms with Gasteiger partial charge in [-0.05, 0) is 0 Å². The number of hydrogen-bond acceptors (Lipinski definition) is 4. The number of nitrogens with zero attached hydrogens (tertiary/aromatic N) is 2. The molecule has 0 aromatic carbocycles. The second kappa shape index (κ2) is 3.10. The summed E-state index contributed by atoms with van der Waals surface area (Å²) < 4.78 is 4.49. The minimum absolute atomic E-state index is 0.204. The van der Waals surface area contributed by atoms with Gasteiger partial charge in [-0.2, -0.15) is 0 Å². The lowest BCUT2D eigenvalue weighted by molar-refractivity contribution is -0.150. The van der Waals surface area contributed by atoms with Crippen molar-refractivity contribution in [1.29, 1.82) is 0 Å². The maximum absolute atomic E-state index is 11.3. The summed E-state index contributed by atoms with van der Waals surface area (Å²) in [7, 11) is 4.67. The molecule has 1 fully saturated rings. The van der Waals surface area contributed by atoms with Crippen molar-refractivity contribution in [2.45, 2.75) is 0 Å². The fourth-order valence-corrected chi connectivity index (χ4v) is 1.18. The highest BCUT2D eigenvalue weighted by Crippen LogP contribution is 2.15. The number of amides is 1. The third-order valence-electron chi connectivity index (χ3n) is 2.06. The molecule has 0 spiro atoms. The first-order chi connectivity index (χ1) is 5.57. The van der Waals surface area contributed by atoms with Crippen LogP contribution in [0.25, 0.3) is 0 Å². The maximum Gasteiger partial charge on any atom is 0.319 e. The lowest BCUT2D eigenvalue weighted by atomic mass is 10.1. The summed E-state index contributed by atoms with van der Waals surface area (Å²) in [6, 6.07) is 0. The molecule has 1 rings (SSSR count). The van der Waals surface area contributed by atoms with Crippen molar-refractivity contribution >= 4 is 11.9 Å². The zero-order valence-electron chi connectivity index (χ0n) is 7.40. The number of carbonyl (C=O) groups is 2. The van der Waals surface area contributed by atoms with Crippen LogP contribution in [0.2, 0.25) is 0 Å². The Morgan fingerprint density at radius 2 is 2.17 bits per heavy atom. The number of methoxy groups -OCH3 is 1. The number of esters is 1. The third kappa shape index (κ3) is 1.27. The molecule has 68 valence electrons. The largest absolute Gasteiger partial charge is 0.468 e. The average Bonchev–Trinajstić information content (AvgIpc) is 2.32. The van der Waals surface area contributed by atoms with Crippen LogP contribution < -0.4 is 0 Å². The first-order valence-corrected chi connectivity index (χ1v) is 3.64. The fraction of sp³-hybridized carbons (Fsp3) is 0.714. The van der Waals surface area contributed by atoms with Crippen LogP contribution in [0.4, 0.5) is 0 Å². The van der Waals surface area contributed by atoms with Crippen LogP contribution in [-0.4, -0.2) is 49.6 Å². The minimum atomic E-state index is -0.648. The highest BCUT2D eigenvalue weighted by Gasteiger charge is 2.39. The molecule has 1 saturated heterocycles. The van der Waals surface area contributed by atoms with E-state index in [0.717, 1.165) is 0 Å². The molecular formula is C7H12N2O3. The van der Waals surface area contributed by atoms with Crippen LogP contribution in [0.15, 0.2) is 0 Å². The predicted molar refractivity (Wildman–Crippen MR) is 40.9 cm³/mol. The number of rotatable bonds is 1. The van der Waals surface area contributed by atoms with Gasteiger partial charge >= 0.3 is 5.97 Å². The highest BCUT2D eigenvalue weighted by atomic mass is 16.5. The molecule has 5 nitrogen and oxygen atoms in total. The average molecular weight is 172 g/mol. The lowest BCUT2D eigenvalue weighted by Crippen LogP contribution is -2.32. The molecule has 1 unspecified atom stereocenters. The van der Waals surface area contributed by atoms with E-state index in [-0.39, 0.29) is 5.91 Å². The lowest BCUT2D eigenvalue weighted by Gasteiger charge is -2.17. The van der Waals surface area contributed by atoms with Crippen molar-refractivity contribution in [3.05, 3.63) is 0 Å². The molecule has 1 heterocycles. The van der Waals surface area contributed by atoms with Crippen molar-refractivity contribution in [3.8, 4) is 0 Å². The molecule has 0 aliphatic carbocycles. The molecule has 1 atom stereocenters. The minimum Gasteiger partial charge on any atom is -0.468 e. The SMILES string of the molecule is COC(=O)C1CN(C)N(C)C1=O. The van der Waals surface area contributed by atoms with Crippen molar-refractivity contribution < 1.29 is 14.3 Å². The molecule has 1 aliphatic heterocycles. The van der Waals surface area contributed by atoms with Crippen LogP contribution in [0.1, 0.15) is 0 Å². The van der Waals surface area contributed by atoms with E-state index in [1.54, 1.807) is 19.1 Å². The molecule has 1 aliphatic rings. The summed E-state index contributed by atoms with van der Waals surface area (Å²) in [5, 5.41) is 3.10. The molecule has 12 heavy (non-hydrogen) atoms. The first-order valence-electron chi connectivity index (χ1n) is 3.64. The highest BCUT2D eigenvalue weighted by molar-refractivity contribution is 5.98. The van der Waals surface area contributed by atoms with Gasteiger partial charge in [-0.1, -0.05) is 0 Å². The summed E-state index contributed by atoms with van der Waals surface area (Å²) in [4.78, 5) is 22.3. The van der Waals surface area contributed by atoms with Crippen LogP contribution in [0.3, 0.4) is 0 Å². The Balaban J connectivity index is 2.71. The van der Waals surface area contributed by atoms with Crippen molar-refractivity contribution in [2.75, 3.05) is 27.7 Å². The Bertz CT molecular complexity index is 217. The first kappa shape index (κ1) is 8.99.